The molecule has 0 aliphatic heterocycles. The molecule has 0 aromatic heterocycles. The van der Waals surface area contributed by atoms with Gasteiger partial charge in [-0.05, 0) is 0 Å². The predicted molar refractivity (Wildman–Crippen MR) is 10.5 cm³/mol. The molecule has 6 nitrogen and oxygen atoms in total. The fourth-order valence-corrected chi connectivity index (χ4v) is 0. The monoisotopic (exact) mass is 444 g/mol. The Bertz CT molecular complexity index is 150. The van der Waals surface area contributed by atoms with Crippen molar-refractivity contribution in [3.05, 3.63) is 0 Å². The van der Waals surface area contributed by atoms with Crippen LogP contribution >= 0.6 is 0 Å². The molecule has 0 bridgehead atoms. The molecular weight excluding hydrogens is 439 g/mol. The van der Waals surface area contributed by atoms with Crippen molar-refractivity contribution in [2.75, 3.05) is 0 Å². The van der Waals surface area contributed by atoms with Gasteiger partial charge in [0.05, 0.1) is 0 Å². The summed E-state index contributed by atoms with van der Waals surface area (Å²) in [5.41, 5.74) is 0. The minimum atomic E-state index is -4.09. The molecule has 0 radical (unpaired) electrons. The first-order valence-corrected chi connectivity index (χ1v) is 7.97. The van der Waals surface area contributed by atoms with E-state index in [4.69, 9.17) is 20.2 Å². The van der Waals surface area contributed by atoms with E-state index in [1.807, 2.05) is 0 Å². The summed E-state index contributed by atoms with van der Waals surface area (Å²) in [5, 5.41) is 0. The van der Waals surface area contributed by atoms with Gasteiger partial charge in [-0.25, -0.2) is 0 Å². The van der Waals surface area contributed by atoms with Gasteiger partial charge in [0, 0.05) is 0 Å². The van der Waals surface area contributed by atoms with Crippen LogP contribution in [0, 0.1) is 0 Å². The Kier molecular flexibility index (Phi) is 62.9. The Morgan fingerprint density at radius 2 is 1.27 bits per heavy atom. The van der Waals surface area contributed by atoms with E-state index in [0.717, 1.165) is 0 Å². The second-order valence-corrected chi connectivity index (χ2v) is 3.35. The molecule has 0 aliphatic rings. The van der Waals surface area contributed by atoms with Crippen LogP contribution in [0.1, 0.15) is 4.28 Å². The SMILES string of the molecule is [H-].[H-].[H-].[K+].[Li+].[Na+].[O]=[Nb](=[O])[OH].[O]=[Ta](=[O])[OH]. The predicted octanol–water partition coefficient (Wildman–Crippen LogP) is -10.2. The number of hydrogen-bond acceptors (Lipinski definition) is 4. The quantitative estimate of drug-likeness (QED) is 0.360. The fraction of sp³-hybridized carbons (Fsp3) is 0. The summed E-state index contributed by atoms with van der Waals surface area (Å²) in [7, 11) is 0. The van der Waals surface area contributed by atoms with Gasteiger partial charge < -0.3 is 4.28 Å². The van der Waals surface area contributed by atoms with E-state index < -0.39 is 37.6 Å². The van der Waals surface area contributed by atoms with Gasteiger partial charge in [0.25, 0.3) is 0 Å². The van der Waals surface area contributed by atoms with E-state index in [2.05, 4.69) is 0 Å². The third-order valence-electron chi connectivity index (χ3n) is 0. The third-order valence-corrected chi connectivity index (χ3v) is 0. The molecule has 0 aromatic rings. The van der Waals surface area contributed by atoms with Gasteiger partial charge >= 0.3 is 158 Å². The van der Waals surface area contributed by atoms with E-state index >= 15 is 0 Å². The third kappa shape index (κ3) is 132. The van der Waals surface area contributed by atoms with E-state index in [1.165, 1.54) is 0 Å². The molecule has 0 amide bonds. The second kappa shape index (κ2) is 23.6. The number of hydrogen-bond donors (Lipinski definition) is 2. The molecular formula is H5KLiNaNbO6Ta. The molecule has 11 heavy (non-hydrogen) atoms. The summed E-state index contributed by atoms with van der Waals surface area (Å²) in [4.78, 5) is 0. The molecule has 0 saturated carbocycles. The van der Waals surface area contributed by atoms with Crippen LogP contribution in [-0.2, 0) is 50.6 Å². The normalized spacial score (nSPS) is 4.55. The van der Waals surface area contributed by atoms with Crippen molar-refractivity contribution in [2.24, 2.45) is 0 Å². The second-order valence-electron chi connectivity index (χ2n) is 0.476. The van der Waals surface area contributed by atoms with Gasteiger partial charge in [0.15, 0.2) is 0 Å². The van der Waals surface area contributed by atoms with Crippen LogP contribution in [0.25, 0.3) is 0 Å². The summed E-state index contributed by atoms with van der Waals surface area (Å²) >= 11 is -8.04. The molecule has 0 unspecified atom stereocenters. The van der Waals surface area contributed by atoms with Crippen LogP contribution in [0.2, 0.25) is 0 Å². The fourth-order valence-electron chi connectivity index (χ4n) is 0. The summed E-state index contributed by atoms with van der Waals surface area (Å²) in [5.74, 6) is 0. The summed E-state index contributed by atoms with van der Waals surface area (Å²) in [6.45, 7) is 0. The van der Waals surface area contributed by atoms with Crippen LogP contribution in [0.15, 0.2) is 0 Å². The number of rotatable bonds is 0. The topological polar surface area (TPSA) is 109 Å². The van der Waals surface area contributed by atoms with Crippen molar-refractivity contribution in [1.82, 2.24) is 0 Å². The zero-order chi connectivity index (χ0) is 7.15. The van der Waals surface area contributed by atoms with Crippen LogP contribution in [0.4, 0.5) is 0 Å². The zero-order valence-corrected chi connectivity index (χ0v) is 17.0. The molecule has 0 spiro atoms. The van der Waals surface area contributed by atoms with Gasteiger partial charge in [0.1, 0.15) is 0 Å². The van der Waals surface area contributed by atoms with Crippen molar-refractivity contribution in [3.8, 4) is 0 Å². The molecule has 0 atom stereocenters. The van der Waals surface area contributed by atoms with Crippen molar-refractivity contribution < 1.29 is 162 Å². The average molecular weight is 444 g/mol. The summed E-state index contributed by atoms with van der Waals surface area (Å²) in [6, 6.07) is 0. The Morgan fingerprint density at radius 3 is 1.27 bits per heavy atom. The van der Waals surface area contributed by atoms with Crippen molar-refractivity contribution in [1.29, 1.82) is 0 Å². The van der Waals surface area contributed by atoms with Crippen molar-refractivity contribution >= 4 is 0 Å². The average Bonchev–Trinajstić information content (AvgIpc) is 1.25. The molecule has 11 heteroatoms. The summed E-state index contributed by atoms with van der Waals surface area (Å²) in [6.07, 6.45) is 0. The minimum absolute atomic E-state index is 0. The van der Waals surface area contributed by atoms with Gasteiger partial charge in [-0.15, -0.1) is 0 Å². The van der Waals surface area contributed by atoms with Gasteiger partial charge in [-0.2, -0.15) is 0 Å². The Balaban J connectivity index is -0.00000000600. The van der Waals surface area contributed by atoms with Gasteiger partial charge in [-0.1, -0.05) is 0 Å². The summed E-state index contributed by atoms with van der Waals surface area (Å²) < 4.78 is 49.2. The molecule has 0 aromatic carbocycles. The molecule has 0 heterocycles. The molecule has 0 rings (SSSR count). The zero-order valence-electron chi connectivity index (χ0n) is 9.42. The van der Waals surface area contributed by atoms with Crippen molar-refractivity contribution in [2.45, 2.75) is 0 Å². The standard InChI is InChI=1S/K.Li.Na.Nb.2H2O.4O.Ta.3H/h;;;;2*1H2;;;;;;;;/q4*+1;;;;;;;+1;3*-1/p-2. The van der Waals surface area contributed by atoms with Crippen molar-refractivity contribution in [3.63, 3.8) is 0 Å². The molecule has 0 fully saturated rings. The molecule has 0 saturated heterocycles. The molecule has 0 aliphatic carbocycles. The van der Waals surface area contributed by atoms with Gasteiger partial charge in [-0.3, -0.25) is 0 Å². The molecule has 54 valence electrons. The molecule has 2 N–H and O–H groups in total. The van der Waals surface area contributed by atoms with E-state index in [1.54, 1.807) is 0 Å². The van der Waals surface area contributed by atoms with E-state index in [0.29, 0.717) is 0 Å². The van der Waals surface area contributed by atoms with Crippen LogP contribution in [0.3, 0.4) is 0 Å². The first-order valence-electron chi connectivity index (χ1n) is 1.13. The van der Waals surface area contributed by atoms with Crippen LogP contribution in [-0.4, -0.2) is 7.23 Å². The van der Waals surface area contributed by atoms with E-state index in [-0.39, 0.29) is 104 Å². The maximum absolute atomic E-state index is 8.73. The first kappa shape index (κ1) is 29.4. The van der Waals surface area contributed by atoms with Gasteiger partial charge in [0.2, 0.25) is 0 Å². The Morgan fingerprint density at radius 1 is 1.27 bits per heavy atom. The van der Waals surface area contributed by atoms with Crippen LogP contribution < -0.4 is 99.8 Å². The Labute approximate surface area is 158 Å². The van der Waals surface area contributed by atoms with Crippen LogP contribution in [0.5, 0.6) is 0 Å². The Hall–Kier alpha value is 3.83. The maximum atomic E-state index is 8.73. The first-order chi connectivity index (χ1) is 3.46. The van der Waals surface area contributed by atoms with E-state index in [9.17, 15) is 0 Å².